The van der Waals surface area contributed by atoms with E-state index in [1.165, 1.54) is 0 Å². The summed E-state index contributed by atoms with van der Waals surface area (Å²) in [6.45, 7) is 2.23. The van der Waals surface area contributed by atoms with Crippen LogP contribution in [-0.2, 0) is 13.6 Å². The van der Waals surface area contributed by atoms with Gasteiger partial charge in [0.15, 0.2) is 0 Å². The van der Waals surface area contributed by atoms with Gasteiger partial charge >= 0.3 is 0 Å². The van der Waals surface area contributed by atoms with Crippen LogP contribution in [0.3, 0.4) is 0 Å². The Hall–Kier alpha value is -2.76. The third kappa shape index (κ3) is 2.55. The molecule has 1 amide bonds. The molecule has 6 heteroatoms. The van der Waals surface area contributed by atoms with Gasteiger partial charge in [-0.3, -0.25) is 9.78 Å². The van der Waals surface area contributed by atoms with Gasteiger partial charge in [-0.25, -0.2) is 9.97 Å². The maximum Gasteiger partial charge on any atom is 0.272 e. The van der Waals surface area contributed by atoms with E-state index in [1.807, 2.05) is 38.2 Å². The molecule has 0 aliphatic rings. The van der Waals surface area contributed by atoms with Gasteiger partial charge < -0.3 is 9.47 Å². The number of rotatable bonds is 3. The summed E-state index contributed by atoms with van der Waals surface area (Å²) >= 11 is 0. The molecule has 0 unspecified atom stereocenters. The molecule has 2 aromatic heterocycles. The zero-order valence-electron chi connectivity index (χ0n) is 12.8. The lowest BCUT2D eigenvalue weighted by Gasteiger charge is -2.17. The lowest BCUT2D eigenvalue weighted by molar-refractivity contribution is 0.0773. The van der Waals surface area contributed by atoms with Gasteiger partial charge in [-0.1, -0.05) is 12.1 Å². The molecule has 2 heterocycles. The molecule has 0 saturated carbocycles. The van der Waals surface area contributed by atoms with E-state index in [9.17, 15) is 4.79 Å². The number of para-hydroxylation sites is 2. The van der Waals surface area contributed by atoms with E-state index in [1.54, 1.807) is 29.0 Å². The third-order valence-electron chi connectivity index (χ3n) is 3.57. The molecule has 0 fully saturated rings. The summed E-state index contributed by atoms with van der Waals surface area (Å²) in [6.07, 6.45) is 3.36. The van der Waals surface area contributed by atoms with Gasteiger partial charge in [0.05, 0.1) is 41.5 Å². The second-order valence-corrected chi connectivity index (χ2v) is 5.30. The van der Waals surface area contributed by atoms with E-state index in [4.69, 9.17) is 0 Å². The van der Waals surface area contributed by atoms with Crippen molar-refractivity contribution < 1.29 is 4.79 Å². The number of carbonyl (C=O) groups is 1. The van der Waals surface area contributed by atoms with E-state index < -0.39 is 0 Å². The van der Waals surface area contributed by atoms with Crippen LogP contribution in [0.4, 0.5) is 0 Å². The summed E-state index contributed by atoms with van der Waals surface area (Å²) in [5, 5.41) is 0. The van der Waals surface area contributed by atoms with Crippen LogP contribution >= 0.6 is 0 Å². The number of amides is 1. The average Bonchev–Trinajstić information content (AvgIpc) is 2.85. The molecular weight excluding hydrogens is 278 g/mol. The fourth-order valence-corrected chi connectivity index (χ4v) is 2.42. The quantitative estimate of drug-likeness (QED) is 0.741. The Labute approximate surface area is 128 Å². The number of aromatic nitrogens is 4. The number of fused-ring (bicyclic) bond motifs is 1. The second kappa shape index (κ2) is 5.55. The van der Waals surface area contributed by atoms with Crippen molar-refractivity contribution in [1.29, 1.82) is 0 Å². The van der Waals surface area contributed by atoms with Crippen molar-refractivity contribution in [2.75, 3.05) is 7.05 Å². The largest absolute Gasteiger partial charge is 0.334 e. The molecule has 0 spiro atoms. The first kappa shape index (κ1) is 14.2. The second-order valence-electron chi connectivity index (χ2n) is 5.30. The predicted octanol–water partition coefficient (Wildman–Crippen LogP) is 1.94. The standard InChI is InChI=1S/C16H17N5O/c1-11-15(21(3)10-18-11)16(22)20(2)9-12-8-17-13-6-4-5-7-14(13)19-12/h4-8,10H,9H2,1-3H3. The number of hydrogen-bond donors (Lipinski definition) is 0. The lowest BCUT2D eigenvalue weighted by atomic mass is 10.2. The number of aryl methyl sites for hydroxylation is 2. The number of carbonyl (C=O) groups excluding carboxylic acids is 1. The first-order chi connectivity index (χ1) is 10.6. The highest BCUT2D eigenvalue weighted by molar-refractivity contribution is 5.93. The van der Waals surface area contributed by atoms with Crippen LogP contribution in [0.15, 0.2) is 36.8 Å². The zero-order chi connectivity index (χ0) is 15.7. The average molecular weight is 295 g/mol. The van der Waals surface area contributed by atoms with E-state index in [0.717, 1.165) is 22.4 Å². The predicted molar refractivity (Wildman–Crippen MR) is 83.3 cm³/mol. The van der Waals surface area contributed by atoms with Crippen molar-refractivity contribution in [3.05, 3.63) is 53.9 Å². The van der Waals surface area contributed by atoms with Crippen LogP contribution < -0.4 is 0 Å². The molecule has 0 aliphatic heterocycles. The fraction of sp³-hybridized carbons (Fsp3) is 0.250. The van der Waals surface area contributed by atoms with Crippen LogP contribution in [0.2, 0.25) is 0 Å². The van der Waals surface area contributed by atoms with Crippen molar-refractivity contribution >= 4 is 16.9 Å². The van der Waals surface area contributed by atoms with Crippen molar-refractivity contribution in [3.8, 4) is 0 Å². The summed E-state index contributed by atoms with van der Waals surface area (Å²) in [4.78, 5) is 27.2. The van der Waals surface area contributed by atoms with Gasteiger partial charge in [-0.15, -0.1) is 0 Å². The van der Waals surface area contributed by atoms with Crippen LogP contribution in [0.5, 0.6) is 0 Å². The Balaban J connectivity index is 1.83. The highest BCUT2D eigenvalue weighted by atomic mass is 16.2. The van der Waals surface area contributed by atoms with Gasteiger partial charge in [0, 0.05) is 14.1 Å². The molecule has 6 nitrogen and oxygen atoms in total. The van der Waals surface area contributed by atoms with E-state index >= 15 is 0 Å². The van der Waals surface area contributed by atoms with Crippen molar-refractivity contribution in [3.63, 3.8) is 0 Å². The molecule has 1 aromatic carbocycles. The Kier molecular flexibility index (Phi) is 3.58. The molecule has 3 rings (SSSR count). The number of hydrogen-bond acceptors (Lipinski definition) is 4. The summed E-state index contributed by atoms with van der Waals surface area (Å²) in [5.41, 5.74) is 3.76. The van der Waals surface area contributed by atoms with E-state index in [-0.39, 0.29) is 5.91 Å². The maximum atomic E-state index is 12.5. The molecule has 0 N–H and O–H groups in total. The summed E-state index contributed by atoms with van der Waals surface area (Å²) in [6, 6.07) is 7.69. The SMILES string of the molecule is Cc1ncn(C)c1C(=O)N(C)Cc1cnc2ccccc2n1. The Morgan fingerprint density at radius 3 is 2.64 bits per heavy atom. The van der Waals surface area contributed by atoms with Crippen LogP contribution in [0.25, 0.3) is 11.0 Å². The molecule has 0 saturated heterocycles. The fourth-order valence-electron chi connectivity index (χ4n) is 2.42. The van der Waals surface area contributed by atoms with Crippen molar-refractivity contribution in [2.24, 2.45) is 7.05 Å². The molecule has 0 atom stereocenters. The molecular formula is C16H17N5O. The molecule has 112 valence electrons. The van der Waals surface area contributed by atoms with Gasteiger partial charge in [-0.05, 0) is 19.1 Å². The van der Waals surface area contributed by atoms with E-state index in [2.05, 4.69) is 15.0 Å². The zero-order valence-corrected chi connectivity index (χ0v) is 12.8. The van der Waals surface area contributed by atoms with Crippen molar-refractivity contribution in [2.45, 2.75) is 13.5 Å². The number of nitrogens with zero attached hydrogens (tertiary/aromatic N) is 5. The number of imidazole rings is 1. The first-order valence-electron chi connectivity index (χ1n) is 7.00. The first-order valence-corrected chi connectivity index (χ1v) is 7.00. The Morgan fingerprint density at radius 1 is 1.23 bits per heavy atom. The smallest absolute Gasteiger partial charge is 0.272 e. The minimum absolute atomic E-state index is 0.0764. The molecule has 3 aromatic rings. The van der Waals surface area contributed by atoms with Gasteiger partial charge in [0.2, 0.25) is 0 Å². The third-order valence-corrected chi connectivity index (χ3v) is 3.57. The highest BCUT2D eigenvalue weighted by Crippen LogP contribution is 2.12. The highest BCUT2D eigenvalue weighted by Gasteiger charge is 2.19. The van der Waals surface area contributed by atoms with Crippen LogP contribution in [-0.4, -0.2) is 37.4 Å². The Bertz CT molecular complexity index is 820. The Morgan fingerprint density at radius 2 is 1.95 bits per heavy atom. The van der Waals surface area contributed by atoms with E-state index in [0.29, 0.717) is 12.2 Å². The summed E-state index contributed by atoms with van der Waals surface area (Å²) < 4.78 is 1.74. The lowest BCUT2D eigenvalue weighted by Crippen LogP contribution is -2.28. The van der Waals surface area contributed by atoms with Gasteiger partial charge in [-0.2, -0.15) is 0 Å². The normalized spacial score (nSPS) is 10.9. The summed E-state index contributed by atoms with van der Waals surface area (Å²) in [7, 11) is 3.57. The minimum atomic E-state index is -0.0764. The van der Waals surface area contributed by atoms with Crippen LogP contribution in [0, 0.1) is 6.92 Å². The molecule has 0 aliphatic carbocycles. The maximum absolute atomic E-state index is 12.5. The number of benzene rings is 1. The molecule has 0 radical (unpaired) electrons. The van der Waals surface area contributed by atoms with Crippen molar-refractivity contribution in [1.82, 2.24) is 24.4 Å². The topological polar surface area (TPSA) is 63.9 Å². The molecule has 22 heavy (non-hydrogen) atoms. The minimum Gasteiger partial charge on any atom is -0.334 e. The van der Waals surface area contributed by atoms with Gasteiger partial charge in [0.1, 0.15) is 5.69 Å². The monoisotopic (exact) mass is 295 g/mol. The van der Waals surface area contributed by atoms with Gasteiger partial charge in [0.25, 0.3) is 5.91 Å². The van der Waals surface area contributed by atoms with Crippen LogP contribution in [0.1, 0.15) is 21.9 Å². The summed E-state index contributed by atoms with van der Waals surface area (Å²) in [5.74, 6) is -0.0764. The molecule has 0 bridgehead atoms.